The molecule has 0 radical (unpaired) electrons. The van der Waals surface area contributed by atoms with Crippen LogP contribution in [-0.2, 0) is 4.79 Å². The Labute approximate surface area is 188 Å². The number of pyridine rings is 1. The molecule has 2 aromatic heterocycles. The van der Waals surface area contributed by atoms with Crippen LogP contribution in [0.2, 0.25) is 0 Å². The summed E-state index contributed by atoms with van der Waals surface area (Å²) in [6.45, 7) is 2.51. The summed E-state index contributed by atoms with van der Waals surface area (Å²) in [6.07, 6.45) is 3.37. The molecule has 9 heteroatoms. The lowest BCUT2D eigenvalue weighted by Gasteiger charge is -2.11. The van der Waals surface area contributed by atoms with Gasteiger partial charge in [-0.15, -0.1) is 10.2 Å². The van der Waals surface area contributed by atoms with Gasteiger partial charge in [-0.3, -0.25) is 14.3 Å². The van der Waals surface area contributed by atoms with E-state index in [9.17, 15) is 9.18 Å². The molecule has 4 aromatic rings. The van der Waals surface area contributed by atoms with E-state index in [2.05, 4.69) is 20.5 Å². The van der Waals surface area contributed by atoms with E-state index < -0.39 is 5.82 Å². The lowest BCUT2D eigenvalue weighted by atomic mass is 10.2. The van der Waals surface area contributed by atoms with Gasteiger partial charge in [-0.1, -0.05) is 17.8 Å². The first kappa shape index (κ1) is 21.5. The number of halogens is 1. The van der Waals surface area contributed by atoms with Crippen molar-refractivity contribution in [3.63, 3.8) is 0 Å². The van der Waals surface area contributed by atoms with Crippen molar-refractivity contribution in [2.45, 2.75) is 12.1 Å². The van der Waals surface area contributed by atoms with Gasteiger partial charge >= 0.3 is 0 Å². The fraction of sp³-hybridized carbons (Fsp3) is 0.130. The largest absolute Gasteiger partial charge is 0.494 e. The highest BCUT2D eigenvalue weighted by molar-refractivity contribution is 7.99. The monoisotopic (exact) mass is 449 g/mol. The molecule has 162 valence electrons. The SMILES string of the molecule is CCOc1ccc(-n2c(SCC(=O)Nc3cccc(F)c3)nnc2-c2ccncc2)cc1. The van der Waals surface area contributed by atoms with E-state index in [4.69, 9.17) is 4.74 Å². The highest BCUT2D eigenvalue weighted by atomic mass is 32.2. The summed E-state index contributed by atoms with van der Waals surface area (Å²) in [7, 11) is 0. The van der Waals surface area contributed by atoms with Crippen molar-refractivity contribution in [3.8, 4) is 22.8 Å². The third-order valence-electron chi connectivity index (χ3n) is 4.42. The van der Waals surface area contributed by atoms with Crippen LogP contribution >= 0.6 is 11.8 Å². The highest BCUT2D eigenvalue weighted by Gasteiger charge is 2.17. The maximum Gasteiger partial charge on any atom is 0.234 e. The van der Waals surface area contributed by atoms with Crippen molar-refractivity contribution in [3.05, 3.63) is 78.9 Å². The third kappa shape index (κ3) is 5.12. The van der Waals surface area contributed by atoms with Crippen LogP contribution in [0.15, 0.2) is 78.2 Å². The van der Waals surface area contributed by atoms with Gasteiger partial charge in [-0.2, -0.15) is 0 Å². The molecule has 0 fully saturated rings. The maximum absolute atomic E-state index is 13.4. The molecule has 2 heterocycles. The number of hydrogen-bond acceptors (Lipinski definition) is 6. The van der Waals surface area contributed by atoms with Crippen LogP contribution in [0.5, 0.6) is 5.75 Å². The predicted octanol–water partition coefficient (Wildman–Crippen LogP) is 4.60. The first-order chi connectivity index (χ1) is 15.6. The van der Waals surface area contributed by atoms with Crippen LogP contribution in [-0.4, -0.2) is 38.0 Å². The van der Waals surface area contributed by atoms with E-state index in [0.717, 1.165) is 17.0 Å². The van der Waals surface area contributed by atoms with Crippen LogP contribution in [0.4, 0.5) is 10.1 Å². The minimum atomic E-state index is -0.410. The van der Waals surface area contributed by atoms with Gasteiger partial charge in [0.2, 0.25) is 5.91 Å². The number of hydrogen-bond donors (Lipinski definition) is 1. The van der Waals surface area contributed by atoms with Crippen LogP contribution in [0.25, 0.3) is 17.1 Å². The Kier molecular flexibility index (Phi) is 6.76. The number of anilines is 1. The van der Waals surface area contributed by atoms with E-state index in [1.807, 2.05) is 47.9 Å². The molecule has 1 N–H and O–H groups in total. The topological polar surface area (TPSA) is 81.9 Å². The smallest absolute Gasteiger partial charge is 0.234 e. The minimum Gasteiger partial charge on any atom is -0.494 e. The van der Waals surface area contributed by atoms with Crippen molar-refractivity contribution in [2.24, 2.45) is 0 Å². The van der Waals surface area contributed by atoms with Crippen molar-refractivity contribution in [2.75, 3.05) is 17.7 Å². The fourth-order valence-corrected chi connectivity index (χ4v) is 3.79. The van der Waals surface area contributed by atoms with E-state index in [0.29, 0.717) is 23.3 Å². The van der Waals surface area contributed by atoms with Crippen LogP contribution in [0.3, 0.4) is 0 Å². The summed E-state index contributed by atoms with van der Waals surface area (Å²) in [5.74, 6) is 0.796. The van der Waals surface area contributed by atoms with Gasteiger partial charge in [0, 0.05) is 29.3 Å². The molecule has 1 amide bonds. The zero-order valence-electron chi connectivity index (χ0n) is 17.2. The number of ether oxygens (including phenoxy) is 1. The Morgan fingerprint density at radius 3 is 2.59 bits per heavy atom. The van der Waals surface area contributed by atoms with Gasteiger partial charge in [-0.05, 0) is 61.5 Å². The van der Waals surface area contributed by atoms with Gasteiger partial charge in [0.1, 0.15) is 11.6 Å². The number of benzene rings is 2. The number of rotatable bonds is 8. The first-order valence-corrected chi connectivity index (χ1v) is 10.9. The number of aromatic nitrogens is 4. The average Bonchev–Trinajstić information content (AvgIpc) is 3.23. The zero-order valence-corrected chi connectivity index (χ0v) is 18.1. The van der Waals surface area contributed by atoms with E-state index in [1.165, 1.54) is 23.9 Å². The average molecular weight is 450 g/mol. The van der Waals surface area contributed by atoms with Crippen LogP contribution < -0.4 is 10.1 Å². The van der Waals surface area contributed by atoms with Gasteiger partial charge in [0.25, 0.3) is 0 Å². The Morgan fingerprint density at radius 1 is 1.09 bits per heavy atom. The van der Waals surface area contributed by atoms with Crippen molar-refractivity contribution < 1.29 is 13.9 Å². The van der Waals surface area contributed by atoms with Crippen LogP contribution in [0.1, 0.15) is 6.92 Å². The van der Waals surface area contributed by atoms with Gasteiger partial charge < -0.3 is 10.1 Å². The molecule has 0 aliphatic heterocycles. The van der Waals surface area contributed by atoms with Gasteiger partial charge in [0.05, 0.1) is 12.4 Å². The number of thioether (sulfide) groups is 1. The molecule has 7 nitrogen and oxygen atoms in total. The molecule has 0 aliphatic carbocycles. The standard InChI is InChI=1S/C23H20FN5O2S/c1-2-31-20-8-6-19(7-9-20)29-22(16-10-12-25-13-11-16)27-28-23(29)32-15-21(30)26-18-5-3-4-17(24)14-18/h3-14H,2,15H2,1H3,(H,26,30). The molecule has 0 atom stereocenters. The molecule has 32 heavy (non-hydrogen) atoms. The first-order valence-electron chi connectivity index (χ1n) is 9.91. The second-order valence-corrected chi connectivity index (χ2v) is 7.59. The molecular formula is C23H20FN5O2S. The molecule has 2 aromatic carbocycles. The summed E-state index contributed by atoms with van der Waals surface area (Å²) in [5, 5.41) is 11.9. The third-order valence-corrected chi connectivity index (χ3v) is 5.35. The molecule has 4 rings (SSSR count). The summed E-state index contributed by atoms with van der Waals surface area (Å²) < 4.78 is 20.8. The molecule has 0 aliphatic rings. The number of nitrogens with one attached hydrogen (secondary N) is 1. The lowest BCUT2D eigenvalue weighted by molar-refractivity contribution is -0.113. The van der Waals surface area contributed by atoms with Gasteiger partial charge in [0.15, 0.2) is 11.0 Å². The number of carbonyl (C=O) groups excluding carboxylic acids is 1. The Balaban J connectivity index is 1.59. The second kappa shape index (κ2) is 10.1. The predicted molar refractivity (Wildman–Crippen MR) is 122 cm³/mol. The van der Waals surface area contributed by atoms with E-state index in [1.54, 1.807) is 24.5 Å². The molecular weight excluding hydrogens is 429 g/mol. The molecule has 0 unspecified atom stereocenters. The number of nitrogens with zero attached hydrogens (tertiary/aromatic N) is 4. The quantitative estimate of drug-likeness (QED) is 0.396. The Bertz CT molecular complexity index is 1200. The Hall–Kier alpha value is -3.72. The maximum atomic E-state index is 13.4. The van der Waals surface area contributed by atoms with E-state index in [-0.39, 0.29) is 11.7 Å². The number of carbonyl (C=O) groups is 1. The second-order valence-electron chi connectivity index (χ2n) is 6.65. The highest BCUT2D eigenvalue weighted by Crippen LogP contribution is 2.28. The summed E-state index contributed by atoms with van der Waals surface area (Å²) in [6, 6.07) is 17.0. The summed E-state index contributed by atoms with van der Waals surface area (Å²) in [4.78, 5) is 16.5. The number of amides is 1. The normalized spacial score (nSPS) is 10.7. The van der Waals surface area contributed by atoms with Gasteiger partial charge in [-0.25, -0.2) is 4.39 Å². The molecule has 0 saturated carbocycles. The summed E-state index contributed by atoms with van der Waals surface area (Å²) in [5.41, 5.74) is 2.08. The summed E-state index contributed by atoms with van der Waals surface area (Å²) >= 11 is 1.24. The van der Waals surface area contributed by atoms with E-state index >= 15 is 0 Å². The van der Waals surface area contributed by atoms with Crippen molar-refractivity contribution in [1.82, 2.24) is 19.7 Å². The molecule has 0 saturated heterocycles. The van der Waals surface area contributed by atoms with Crippen molar-refractivity contribution >= 4 is 23.4 Å². The minimum absolute atomic E-state index is 0.0853. The lowest BCUT2D eigenvalue weighted by Crippen LogP contribution is -2.14. The Morgan fingerprint density at radius 2 is 1.88 bits per heavy atom. The zero-order chi connectivity index (χ0) is 22.3. The van der Waals surface area contributed by atoms with Crippen LogP contribution in [0, 0.1) is 5.82 Å². The fourth-order valence-electron chi connectivity index (χ4n) is 3.04. The van der Waals surface area contributed by atoms with Crippen molar-refractivity contribution in [1.29, 1.82) is 0 Å². The molecule has 0 bridgehead atoms. The molecule has 0 spiro atoms.